The molecule has 2 nitrogen and oxygen atoms in total. The van der Waals surface area contributed by atoms with Crippen molar-refractivity contribution in [3.05, 3.63) is 18.2 Å². The lowest BCUT2D eigenvalue weighted by atomic mass is 10.3. The van der Waals surface area contributed by atoms with Gasteiger partial charge in [0.15, 0.2) is 13.2 Å². The molecule has 9 heteroatoms. The molecule has 0 aliphatic rings. The standard InChI is InChI=1S/C14H17F6O2P/c1-12(2,3)23-11-5-9(21-7-13(15,16)17)4-10(6-11)22-8-14(18,19)20/h4-6,23H,7-8H2,1-3H3. The molecule has 0 amide bonds. The van der Waals surface area contributed by atoms with E-state index in [1.807, 2.05) is 20.8 Å². The van der Waals surface area contributed by atoms with Crippen molar-refractivity contribution >= 4 is 13.9 Å². The summed E-state index contributed by atoms with van der Waals surface area (Å²) in [7, 11) is 0.166. The number of alkyl halides is 6. The summed E-state index contributed by atoms with van der Waals surface area (Å²) < 4.78 is 82.5. The van der Waals surface area contributed by atoms with Crippen LogP contribution in [0.1, 0.15) is 20.8 Å². The fraction of sp³-hybridized carbons (Fsp3) is 0.571. The van der Waals surface area contributed by atoms with Crippen LogP contribution in [-0.2, 0) is 0 Å². The van der Waals surface area contributed by atoms with Gasteiger partial charge in [0.05, 0.1) is 0 Å². The Morgan fingerprint density at radius 3 is 1.48 bits per heavy atom. The molecule has 1 aromatic carbocycles. The van der Waals surface area contributed by atoms with Crippen LogP contribution in [0.25, 0.3) is 0 Å². The first-order valence-corrected chi connectivity index (χ1v) is 7.56. The van der Waals surface area contributed by atoms with E-state index in [-0.39, 0.29) is 25.2 Å². The number of halogens is 6. The predicted octanol–water partition coefficient (Wildman–Crippen LogP) is 4.67. The van der Waals surface area contributed by atoms with E-state index < -0.39 is 25.6 Å². The van der Waals surface area contributed by atoms with Crippen molar-refractivity contribution in [2.45, 2.75) is 38.3 Å². The van der Waals surface area contributed by atoms with Gasteiger partial charge >= 0.3 is 12.4 Å². The lowest BCUT2D eigenvalue weighted by Gasteiger charge is -2.20. The molecule has 0 aliphatic heterocycles. The Morgan fingerprint density at radius 1 is 0.783 bits per heavy atom. The topological polar surface area (TPSA) is 18.5 Å². The average Bonchev–Trinajstić information content (AvgIpc) is 2.30. The van der Waals surface area contributed by atoms with Crippen molar-refractivity contribution in [3.63, 3.8) is 0 Å². The highest BCUT2D eigenvalue weighted by Gasteiger charge is 2.30. The van der Waals surface area contributed by atoms with Gasteiger partial charge in [0.25, 0.3) is 0 Å². The lowest BCUT2D eigenvalue weighted by molar-refractivity contribution is -0.153. The minimum atomic E-state index is -4.53. The van der Waals surface area contributed by atoms with Crippen LogP contribution in [0, 0.1) is 0 Å². The number of rotatable bonds is 5. The molecule has 0 fully saturated rings. The Balaban J connectivity index is 2.97. The van der Waals surface area contributed by atoms with E-state index in [9.17, 15) is 26.3 Å². The van der Waals surface area contributed by atoms with Crippen molar-refractivity contribution in [2.75, 3.05) is 13.2 Å². The zero-order chi connectivity index (χ0) is 17.9. The summed E-state index contributed by atoms with van der Waals surface area (Å²) in [5.74, 6) is -0.345. The molecule has 0 bridgehead atoms. The summed E-state index contributed by atoms with van der Waals surface area (Å²) in [6, 6.07) is 3.79. The summed E-state index contributed by atoms with van der Waals surface area (Å²) >= 11 is 0. The van der Waals surface area contributed by atoms with Crippen molar-refractivity contribution in [1.29, 1.82) is 0 Å². The van der Waals surface area contributed by atoms with Gasteiger partial charge in [-0.1, -0.05) is 29.4 Å². The SMILES string of the molecule is CC(C)(C)Pc1cc(OCC(F)(F)F)cc(OCC(F)(F)F)c1. The van der Waals surface area contributed by atoms with Crippen LogP contribution in [0.15, 0.2) is 18.2 Å². The van der Waals surface area contributed by atoms with E-state index in [0.29, 0.717) is 5.30 Å². The van der Waals surface area contributed by atoms with Crippen molar-refractivity contribution < 1.29 is 35.8 Å². The molecule has 0 N–H and O–H groups in total. The molecule has 1 rings (SSSR count). The summed E-state index contributed by atoms with van der Waals surface area (Å²) in [6.07, 6.45) is -9.06. The highest BCUT2D eigenvalue weighted by Crippen LogP contribution is 2.33. The van der Waals surface area contributed by atoms with E-state index >= 15 is 0 Å². The molecular weight excluding hydrogens is 345 g/mol. The number of hydrogen-bond acceptors (Lipinski definition) is 2. The Morgan fingerprint density at radius 2 is 1.17 bits per heavy atom. The second-order valence-corrected chi connectivity index (χ2v) is 8.20. The average molecular weight is 362 g/mol. The summed E-state index contributed by atoms with van der Waals surface area (Å²) in [6.45, 7) is 2.68. The monoisotopic (exact) mass is 362 g/mol. The van der Waals surface area contributed by atoms with Crippen LogP contribution in [0.2, 0.25) is 0 Å². The molecule has 0 saturated heterocycles. The van der Waals surface area contributed by atoms with Crippen LogP contribution in [0.5, 0.6) is 11.5 Å². The molecule has 1 aromatic rings. The van der Waals surface area contributed by atoms with E-state index in [0.717, 1.165) is 6.07 Å². The highest BCUT2D eigenvalue weighted by atomic mass is 31.1. The third-order valence-electron chi connectivity index (χ3n) is 2.20. The second-order valence-electron chi connectivity index (χ2n) is 5.88. The van der Waals surface area contributed by atoms with Gasteiger partial charge in [-0.3, -0.25) is 0 Å². The van der Waals surface area contributed by atoms with Gasteiger partial charge in [0.1, 0.15) is 11.5 Å². The first-order chi connectivity index (χ1) is 10.2. The Kier molecular flexibility index (Phi) is 6.18. The highest BCUT2D eigenvalue weighted by molar-refractivity contribution is 7.48. The van der Waals surface area contributed by atoms with Gasteiger partial charge in [-0.2, -0.15) is 26.3 Å². The first-order valence-electron chi connectivity index (χ1n) is 6.56. The third-order valence-corrected chi connectivity index (χ3v) is 3.53. The van der Waals surface area contributed by atoms with Crippen molar-refractivity contribution in [1.82, 2.24) is 0 Å². The van der Waals surface area contributed by atoms with Crippen LogP contribution in [0.3, 0.4) is 0 Å². The fourth-order valence-electron chi connectivity index (χ4n) is 1.57. The van der Waals surface area contributed by atoms with Crippen molar-refractivity contribution in [3.8, 4) is 11.5 Å². The summed E-state index contributed by atoms with van der Waals surface area (Å²) in [5, 5.41) is 0.388. The first kappa shape index (κ1) is 19.9. The zero-order valence-electron chi connectivity index (χ0n) is 12.7. The Hall–Kier alpha value is -1.17. The van der Waals surface area contributed by atoms with Gasteiger partial charge in [0, 0.05) is 6.07 Å². The van der Waals surface area contributed by atoms with Crippen molar-refractivity contribution in [2.24, 2.45) is 0 Å². The van der Waals surface area contributed by atoms with E-state index in [1.54, 1.807) is 0 Å². The van der Waals surface area contributed by atoms with Crippen LogP contribution >= 0.6 is 8.58 Å². The molecular formula is C14H17F6O2P. The van der Waals surface area contributed by atoms with Crippen LogP contribution in [0.4, 0.5) is 26.3 Å². The van der Waals surface area contributed by atoms with Gasteiger partial charge in [0.2, 0.25) is 0 Å². The molecule has 0 heterocycles. The largest absolute Gasteiger partial charge is 0.484 e. The maximum Gasteiger partial charge on any atom is 0.422 e. The van der Waals surface area contributed by atoms with E-state index in [4.69, 9.17) is 0 Å². The lowest BCUT2D eigenvalue weighted by Crippen LogP contribution is -2.21. The molecule has 0 aliphatic carbocycles. The van der Waals surface area contributed by atoms with Gasteiger partial charge in [-0.05, 0) is 22.6 Å². The second kappa shape index (κ2) is 7.16. The Labute approximate surface area is 131 Å². The summed E-state index contributed by atoms with van der Waals surface area (Å²) in [5.41, 5.74) is 0. The molecule has 1 unspecified atom stereocenters. The quantitative estimate of drug-likeness (QED) is 0.560. The minimum Gasteiger partial charge on any atom is -0.484 e. The molecule has 132 valence electrons. The van der Waals surface area contributed by atoms with Gasteiger partial charge < -0.3 is 9.47 Å². The van der Waals surface area contributed by atoms with Gasteiger partial charge in [-0.15, -0.1) is 0 Å². The maximum absolute atomic E-state index is 12.2. The molecule has 0 spiro atoms. The molecule has 0 radical (unpaired) electrons. The smallest absolute Gasteiger partial charge is 0.422 e. The molecule has 0 aromatic heterocycles. The number of benzene rings is 1. The number of hydrogen-bond donors (Lipinski definition) is 0. The zero-order valence-corrected chi connectivity index (χ0v) is 13.7. The van der Waals surface area contributed by atoms with E-state index in [1.165, 1.54) is 12.1 Å². The summed E-state index contributed by atoms with van der Waals surface area (Å²) in [4.78, 5) is 0. The number of ether oxygens (including phenoxy) is 2. The minimum absolute atomic E-state index is 0.166. The third kappa shape index (κ3) is 9.54. The van der Waals surface area contributed by atoms with E-state index in [2.05, 4.69) is 9.47 Å². The molecule has 1 atom stereocenters. The fourth-order valence-corrected chi connectivity index (χ4v) is 2.87. The molecule has 0 saturated carbocycles. The van der Waals surface area contributed by atoms with Crippen LogP contribution < -0.4 is 14.8 Å². The molecule has 23 heavy (non-hydrogen) atoms. The van der Waals surface area contributed by atoms with Gasteiger partial charge in [-0.25, -0.2) is 0 Å². The maximum atomic E-state index is 12.2. The van der Waals surface area contributed by atoms with Crippen LogP contribution in [-0.4, -0.2) is 30.7 Å². The Bertz CT molecular complexity index is 483. The normalized spacial score (nSPS) is 13.6. The predicted molar refractivity (Wildman–Crippen MR) is 77.2 cm³/mol.